The lowest BCUT2D eigenvalue weighted by Gasteiger charge is -2.21. The van der Waals surface area contributed by atoms with Crippen LogP contribution in [0.5, 0.6) is 0 Å². The van der Waals surface area contributed by atoms with Gasteiger partial charge in [0, 0.05) is 31.4 Å². The van der Waals surface area contributed by atoms with Crippen molar-refractivity contribution in [2.45, 2.75) is 44.4 Å². The van der Waals surface area contributed by atoms with Gasteiger partial charge in [-0.2, -0.15) is 0 Å². The Balaban J connectivity index is 1.65. The van der Waals surface area contributed by atoms with Crippen molar-refractivity contribution in [3.8, 4) is 0 Å². The number of amides is 2. The predicted octanol–water partition coefficient (Wildman–Crippen LogP) is 2.01. The maximum Gasteiger partial charge on any atom is 0.255 e. The van der Waals surface area contributed by atoms with Gasteiger partial charge in [0.15, 0.2) is 0 Å². The molecule has 2 aliphatic rings. The number of likely N-dealkylation sites (tertiary alicyclic amines) is 1. The van der Waals surface area contributed by atoms with Gasteiger partial charge in [0.05, 0.1) is 5.56 Å². The molecule has 0 bridgehead atoms. The van der Waals surface area contributed by atoms with E-state index in [4.69, 9.17) is 5.73 Å². The molecule has 1 aliphatic heterocycles. The Morgan fingerprint density at radius 2 is 2.05 bits per heavy atom. The zero-order valence-electron chi connectivity index (χ0n) is 12.3. The van der Waals surface area contributed by atoms with E-state index in [2.05, 4.69) is 4.98 Å². The summed E-state index contributed by atoms with van der Waals surface area (Å²) in [6, 6.07) is 1.90. The second-order valence-electron chi connectivity index (χ2n) is 6.34. The fourth-order valence-electron chi connectivity index (χ4n) is 3.31. The number of hydrogen-bond acceptors (Lipinski definition) is 2. The summed E-state index contributed by atoms with van der Waals surface area (Å²) in [7, 11) is 0. The number of hydrogen-bond donors (Lipinski definition) is 2. The Bertz CT molecular complexity index is 533. The van der Waals surface area contributed by atoms with E-state index < -0.39 is 0 Å². The van der Waals surface area contributed by atoms with Gasteiger partial charge in [0.2, 0.25) is 5.91 Å². The summed E-state index contributed by atoms with van der Waals surface area (Å²) in [6.07, 6.45) is 7.48. The lowest BCUT2D eigenvalue weighted by molar-refractivity contribution is -0.119. The van der Waals surface area contributed by atoms with E-state index in [-0.39, 0.29) is 11.8 Å². The number of nitrogens with two attached hydrogens (primary N) is 1. The van der Waals surface area contributed by atoms with Gasteiger partial charge in [-0.25, -0.2) is 0 Å². The lowest BCUT2D eigenvalue weighted by atomic mass is 9.97. The molecule has 114 valence electrons. The second kappa shape index (κ2) is 5.92. The first kappa shape index (κ1) is 14.2. The molecule has 5 nitrogen and oxygen atoms in total. The lowest BCUT2D eigenvalue weighted by Crippen LogP contribution is -2.32. The van der Waals surface area contributed by atoms with E-state index in [1.54, 1.807) is 0 Å². The molecule has 1 aromatic rings. The summed E-state index contributed by atoms with van der Waals surface area (Å²) in [4.78, 5) is 28.9. The maximum atomic E-state index is 12.7. The smallest absolute Gasteiger partial charge is 0.255 e. The summed E-state index contributed by atoms with van der Waals surface area (Å²) in [6.45, 7) is 1.51. The molecule has 5 heteroatoms. The van der Waals surface area contributed by atoms with Crippen molar-refractivity contribution in [1.29, 1.82) is 0 Å². The zero-order valence-corrected chi connectivity index (χ0v) is 12.3. The summed E-state index contributed by atoms with van der Waals surface area (Å²) in [5.41, 5.74) is 7.23. The van der Waals surface area contributed by atoms with Crippen molar-refractivity contribution in [3.63, 3.8) is 0 Å². The van der Waals surface area contributed by atoms with Gasteiger partial charge in [-0.15, -0.1) is 0 Å². The number of carbonyl (C=O) groups excluding carboxylic acids is 2. The van der Waals surface area contributed by atoms with Gasteiger partial charge in [-0.1, -0.05) is 0 Å². The highest BCUT2D eigenvalue weighted by Gasteiger charge is 2.31. The molecule has 1 atom stereocenters. The molecule has 0 spiro atoms. The molecule has 1 saturated heterocycles. The van der Waals surface area contributed by atoms with Gasteiger partial charge in [0.25, 0.3) is 5.91 Å². The van der Waals surface area contributed by atoms with E-state index in [0.29, 0.717) is 18.3 Å². The third kappa shape index (κ3) is 3.28. The molecule has 2 amide bonds. The normalized spacial score (nSPS) is 22.9. The third-order valence-corrected chi connectivity index (χ3v) is 4.62. The Kier molecular flexibility index (Phi) is 3.99. The van der Waals surface area contributed by atoms with Gasteiger partial charge in [0.1, 0.15) is 0 Å². The highest BCUT2D eigenvalue weighted by Crippen LogP contribution is 2.41. The van der Waals surface area contributed by atoms with Gasteiger partial charge < -0.3 is 15.6 Å². The van der Waals surface area contributed by atoms with Crippen LogP contribution in [0.3, 0.4) is 0 Å². The van der Waals surface area contributed by atoms with Crippen molar-refractivity contribution in [2.75, 3.05) is 13.1 Å². The Hall–Kier alpha value is -1.78. The molecule has 3 rings (SSSR count). The van der Waals surface area contributed by atoms with Crippen LogP contribution in [0, 0.1) is 5.92 Å². The van der Waals surface area contributed by atoms with Crippen LogP contribution in [0.1, 0.15) is 60.5 Å². The van der Waals surface area contributed by atoms with Gasteiger partial charge in [-0.3, -0.25) is 9.59 Å². The maximum absolute atomic E-state index is 12.7. The molecule has 0 aromatic carbocycles. The first-order valence-corrected chi connectivity index (χ1v) is 7.90. The highest BCUT2D eigenvalue weighted by atomic mass is 16.2. The topological polar surface area (TPSA) is 79.2 Å². The molecule has 21 heavy (non-hydrogen) atoms. The number of nitrogens with zero attached hydrogens (tertiary/aromatic N) is 1. The SMILES string of the molecule is NC(=O)CC1CCCN(C(=O)c2cc[nH]c2C2CC2)CC1. The molecule has 2 fully saturated rings. The minimum Gasteiger partial charge on any atom is -0.370 e. The molecular formula is C16H23N3O2. The summed E-state index contributed by atoms with van der Waals surface area (Å²) >= 11 is 0. The van der Waals surface area contributed by atoms with Gasteiger partial charge in [-0.05, 0) is 50.0 Å². The van der Waals surface area contributed by atoms with Crippen LogP contribution in [-0.4, -0.2) is 34.8 Å². The molecule has 2 heterocycles. The monoisotopic (exact) mass is 289 g/mol. The highest BCUT2D eigenvalue weighted by molar-refractivity contribution is 5.95. The summed E-state index contributed by atoms with van der Waals surface area (Å²) in [5.74, 6) is 0.780. The molecule has 1 unspecified atom stereocenters. The summed E-state index contributed by atoms with van der Waals surface area (Å²) in [5, 5.41) is 0. The van der Waals surface area contributed by atoms with E-state index >= 15 is 0 Å². The fourth-order valence-corrected chi connectivity index (χ4v) is 3.31. The Morgan fingerprint density at radius 3 is 2.76 bits per heavy atom. The Labute approximate surface area is 124 Å². The summed E-state index contributed by atoms with van der Waals surface area (Å²) < 4.78 is 0. The van der Waals surface area contributed by atoms with Crippen molar-refractivity contribution in [3.05, 3.63) is 23.5 Å². The van der Waals surface area contributed by atoms with E-state index in [1.165, 1.54) is 12.8 Å². The second-order valence-corrected chi connectivity index (χ2v) is 6.34. The first-order chi connectivity index (χ1) is 10.1. The van der Waals surface area contributed by atoms with Crippen LogP contribution in [0.2, 0.25) is 0 Å². The number of aromatic amines is 1. The minimum atomic E-state index is -0.235. The standard InChI is InChI=1S/C16H23N3O2/c17-14(20)10-11-2-1-8-19(9-6-11)16(21)13-5-7-18-15(13)12-3-4-12/h5,7,11-12,18H,1-4,6,8-10H2,(H2,17,20). The number of rotatable bonds is 4. The molecule has 1 aliphatic carbocycles. The zero-order chi connectivity index (χ0) is 14.8. The van der Waals surface area contributed by atoms with Crippen molar-refractivity contribution in [1.82, 2.24) is 9.88 Å². The quantitative estimate of drug-likeness (QED) is 0.889. The van der Waals surface area contributed by atoms with Crippen LogP contribution < -0.4 is 5.73 Å². The first-order valence-electron chi connectivity index (χ1n) is 7.90. The van der Waals surface area contributed by atoms with E-state index in [1.807, 2.05) is 17.2 Å². The average Bonchev–Trinajstić information content (AvgIpc) is 3.21. The largest absolute Gasteiger partial charge is 0.370 e. The van der Waals surface area contributed by atoms with Crippen LogP contribution in [-0.2, 0) is 4.79 Å². The number of H-pyrrole nitrogens is 1. The molecular weight excluding hydrogens is 266 g/mol. The van der Waals surface area contributed by atoms with E-state index in [0.717, 1.165) is 43.6 Å². The number of aromatic nitrogens is 1. The fraction of sp³-hybridized carbons (Fsp3) is 0.625. The van der Waals surface area contributed by atoms with Crippen LogP contribution in [0.25, 0.3) is 0 Å². The molecule has 3 N–H and O–H groups in total. The predicted molar refractivity (Wildman–Crippen MR) is 79.8 cm³/mol. The average molecular weight is 289 g/mol. The number of nitrogens with one attached hydrogen (secondary N) is 1. The minimum absolute atomic E-state index is 0.137. The van der Waals surface area contributed by atoms with Crippen LogP contribution >= 0.6 is 0 Å². The number of carbonyl (C=O) groups is 2. The number of primary amides is 1. The molecule has 0 radical (unpaired) electrons. The third-order valence-electron chi connectivity index (χ3n) is 4.62. The van der Waals surface area contributed by atoms with Crippen molar-refractivity contribution < 1.29 is 9.59 Å². The molecule has 1 saturated carbocycles. The van der Waals surface area contributed by atoms with Crippen molar-refractivity contribution in [2.24, 2.45) is 11.7 Å². The van der Waals surface area contributed by atoms with E-state index in [9.17, 15) is 9.59 Å². The van der Waals surface area contributed by atoms with Crippen LogP contribution in [0.4, 0.5) is 0 Å². The Morgan fingerprint density at radius 1 is 1.24 bits per heavy atom. The van der Waals surface area contributed by atoms with Crippen molar-refractivity contribution >= 4 is 11.8 Å². The van der Waals surface area contributed by atoms with Gasteiger partial charge >= 0.3 is 0 Å². The van der Waals surface area contributed by atoms with Crippen LogP contribution in [0.15, 0.2) is 12.3 Å². The molecule has 1 aromatic heterocycles.